The number of carboxylic acids is 1. The molecule has 0 bridgehead atoms. The Labute approximate surface area is 471 Å². The molecule has 0 aromatic carbocycles. The number of hydrogen-bond acceptors (Lipinski definition) is 12. The fourth-order valence-corrected chi connectivity index (χ4v) is 8.92. The number of hydrogen-bond donors (Lipinski definition) is 12. The summed E-state index contributed by atoms with van der Waals surface area (Å²) in [5.74, 6) is -9.48. The zero-order valence-electron chi connectivity index (χ0n) is 50.3. The molecule has 0 saturated carbocycles. The van der Waals surface area contributed by atoms with Gasteiger partial charge in [-0.15, -0.1) is 0 Å². The molecule has 0 aromatic heterocycles. The number of aliphatic carboxylic acids is 1. The van der Waals surface area contributed by atoms with Crippen molar-refractivity contribution in [3.63, 3.8) is 0 Å². The lowest BCUT2D eigenvalue weighted by atomic mass is 9.95. The SMILES string of the molecule is CCCCCCCCCC(O)CC(=O)NC(CC(C)C)C(=O)NC(CC(C)C)C(=O)NC(CCC(N)=O)C(=O)NC(CC(C)C)C(=O)NC(C(=O)NC(C(=O)NC(CC(C)C)C(=O)NC(CC(C)C)C(=O)O)C(C)CC)C(C)O. The van der Waals surface area contributed by atoms with Gasteiger partial charge in [0.2, 0.25) is 53.2 Å². The molecule has 11 atom stereocenters. The fourth-order valence-electron chi connectivity index (χ4n) is 8.92. The number of unbranched alkanes of at least 4 members (excludes halogenated alkanes) is 6. The summed E-state index contributed by atoms with van der Waals surface area (Å²) in [6.07, 6.45) is 5.45. The summed E-state index contributed by atoms with van der Waals surface area (Å²) in [5, 5.41) is 52.4. The third-order valence-electron chi connectivity index (χ3n) is 13.4. The predicted octanol–water partition coefficient (Wildman–Crippen LogP) is 3.76. The van der Waals surface area contributed by atoms with Crippen LogP contribution >= 0.6 is 0 Å². The first-order chi connectivity index (χ1) is 36.8. The highest BCUT2D eigenvalue weighted by molar-refractivity contribution is 5.98. The van der Waals surface area contributed by atoms with Crippen LogP contribution in [0.4, 0.5) is 0 Å². The van der Waals surface area contributed by atoms with Gasteiger partial charge in [0.15, 0.2) is 0 Å². The molecule has 22 nitrogen and oxygen atoms in total. The van der Waals surface area contributed by atoms with Gasteiger partial charge in [-0.1, -0.05) is 141 Å². The second-order valence-electron chi connectivity index (χ2n) is 23.8. The molecule has 11 unspecified atom stereocenters. The summed E-state index contributed by atoms with van der Waals surface area (Å²) >= 11 is 0. The first-order valence-corrected chi connectivity index (χ1v) is 29.1. The third kappa shape index (κ3) is 31.9. The minimum Gasteiger partial charge on any atom is -0.480 e. The van der Waals surface area contributed by atoms with Gasteiger partial charge in [-0.25, -0.2) is 4.79 Å². The van der Waals surface area contributed by atoms with Crippen molar-refractivity contribution in [2.45, 2.75) is 267 Å². The molecule has 22 heteroatoms. The predicted molar refractivity (Wildman–Crippen MR) is 303 cm³/mol. The van der Waals surface area contributed by atoms with Gasteiger partial charge >= 0.3 is 5.97 Å². The second-order valence-corrected chi connectivity index (χ2v) is 23.8. The van der Waals surface area contributed by atoms with Crippen LogP contribution in [0.1, 0.15) is 206 Å². The lowest BCUT2D eigenvalue weighted by molar-refractivity contribution is -0.143. The zero-order chi connectivity index (χ0) is 60.7. The van der Waals surface area contributed by atoms with Gasteiger partial charge in [0.1, 0.15) is 48.3 Å². The second kappa shape index (κ2) is 39.1. The Morgan fingerprint density at radius 2 is 0.747 bits per heavy atom. The first kappa shape index (κ1) is 73.6. The molecule has 0 heterocycles. The minimum atomic E-state index is -1.68. The smallest absolute Gasteiger partial charge is 0.326 e. The average molecular weight is 1120 g/mol. The van der Waals surface area contributed by atoms with Gasteiger partial charge in [-0.2, -0.15) is 0 Å². The summed E-state index contributed by atoms with van der Waals surface area (Å²) in [7, 11) is 0. The highest BCUT2D eigenvalue weighted by Gasteiger charge is 2.38. The topological polar surface area (TPSA) is 354 Å². The molecule has 0 aliphatic carbocycles. The Kier molecular flexibility index (Phi) is 36.4. The monoisotopic (exact) mass is 1120 g/mol. The summed E-state index contributed by atoms with van der Waals surface area (Å²) in [5.41, 5.74) is 5.48. The van der Waals surface area contributed by atoms with E-state index in [1.807, 2.05) is 55.4 Å². The standard InChI is InChI=1S/C57H105N9O13/c1-15-17-18-19-20-21-22-23-39(68)31-47(70)59-41(26-32(3)4)51(72)62-42(27-33(5)6)52(73)60-40(24-25-46(58)69)50(71)61-44(29-35(9)10)54(75)66-49(38(14)67)56(77)65-48(37(13)16-2)55(76)63-43(28-34(7)8)53(74)64-45(57(78)79)30-36(11)12/h32-45,48-49,67-68H,15-31H2,1-14H3,(H2,58,69)(H,59,70)(H,60,73)(H,61,71)(H,62,72)(H,63,76)(H,64,74)(H,65,77)(H,66,75)(H,78,79). The van der Waals surface area contributed by atoms with Crippen molar-refractivity contribution in [1.82, 2.24) is 42.5 Å². The van der Waals surface area contributed by atoms with Gasteiger partial charge in [0.05, 0.1) is 18.6 Å². The summed E-state index contributed by atoms with van der Waals surface area (Å²) in [6.45, 7) is 25.0. The van der Waals surface area contributed by atoms with Crippen molar-refractivity contribution >= 4 is 59.1 Å². The molecule has 0 aliphatic heterocycles. The van der Waals surface area contributed by atoms with Gasteiger partial charge in [-0.05, 0) is 87.4 Å². The van der Waals surface area contributed by atoms with E-state index in [1.54, 1.807) is 27.7 Å². The molecule has 9 amide bonds. The van der Waals surface area contributed by atoms with E-state index in [0.29, 0.717) is 12.8 Å². The number of carboxylic acid groups (broad SMARTS) is 1. The maximum atomic E-state index is 14.2. The molecule has 0 radical (unpaired) electrons. The van der Waals surface area contributed by atoms with Gasteiger partial charge in [0.25, 0.3) is 0 Å². The summed E-state index contributed by atoms with van der Waals surface area (Å²) in [6, 6.07) is -10.5. The maximum Gasteiger partial charge on any atom is 0.326 e. The number of carbonyl (C=O) groups is 10. The van der Waals surface area contributed by atoms with Crippen LogP contribution in [0.25, 0.3) is 0 Å². The molecule has 0 saturated heterocycles. The van der Waals surface area contributed by atoms with Crippen LogP contribution in [-0.2, 0) is 47.9 Å². The van der Waals surface area contributed by atoms with Crippen LogP contribution in [0.3, 0.4) is 0 Å². The molecule has 79 heavy (non-hydrogen) atoms. The lowest BCUT2D eigenvalue weighted by Gasteiger charge is -2.31. The average Bonchev–Trinajstić information content (AvgIpc) is 3.33. The molecule has 0 fully saturated rings. The van der Waals surface area contributed by atoms with Crippen molar-refractivity contribution in [3.8, 4) is 0 Å². The van der Waals surface area contributed by atoms with E-state index in [2.05, 4.69) is 49.5 Å². The number of aliphatic hydroxyl groups excluding tert-OH is 2. The number of aliphatic hydroxyl groups is 2. The number of rotatable bonds is 42. The number of nitrogens with one attached hydrogen (secondary N) is 8. The van der Waals surface area contributed by atoms with E-state index in [9.17, 15) is 63.3 Å². The molecular weight excluding hydrogens is 1020 g/mol. The normalized spacial score (nSPS) is 15.8. The van der Waals surface area contributed by atoms with Crippen LogP contribution < -0.4 is 48.3 Å². The van der Waals surface area contributed by atoms with Crippen molar-refractivity contribution in [1.29, 1.82) is 0 Å². The Bertz CT molecular complexity index is 1910. The van der Waals surface area contributed by atoms with Crippen molar-refractivity contribution in [2.75, 3.05) is 0 Å². The van der Waals surface area contributed by atoms with Crippen molar-refractivity contribution < 1.29 is 63.3 Å². The Hall–Kier alpha value is -5.38. The summed E-state index contributed by atoms with van der Waals surface area (Å²) < 4.78 is 0. The Balaban J connectivity index is 6.55. The highest BCUT2D eigenvalue weighted by atomic mass is 16.4. The molecular formula is C57H105N9O13. The molecule has 0 rings (SSSR count). The largest absolute Gasteiger partial charge is 0.480 e. The Morgan fingerprint density at radius 1 is 0.405 bits per heavy atom. The van der Waals surface area contributed by atoms with E-state index in [0.717, 1.165) is 32.1 Å². The first-order valence-electron chi connectivity index (χ1n) is 29.1. The maximum absolute atomic E-state index is 14.2. The lowest BCUT2D eigenvalue weighted by Crippen LogP contribution is -2.62. The van der Waals surface area contributed by atoms with E-state index in [4.69, 9.17) is 5.73 Å². The number of carbonyl (C=O) groups excluding carboxylic acids is 9. The minimum absolute atomic E-state index is 0.00946. The van der Waals surface area contributed by atoms with Crippen LogP contribution in [0.15, 0.2) is 0 Å². The summed E-state index contributed by atoms with van der Waals surface area (Å²) in [4.78, 5) is 135. The van der Waals surface area contributed by atoms with Crippen LogP contribution in [0.5, 0.6) is 0 Å². The van der Waals surface area contributed by atoms with Gasteiger partial charge in [-0.3, -0.25) is 43.2 Å². The molecule has 0 spiro atoms. The van der Waals surface area contributed by atoms with E-state index < -0.39 is 126 Å². The Morgan fingerprint density at radius 3 is 1.15 bits per heavy atom. The van der Waals surface area contributed by atoms with E-state index in [1.165, 1.54) is 19.8 Å². The number of primary amides is 1. The molecule has 13 N–H and O–H groups in total. The van der Waals surface area contributed by atoms with Crippen LogP contribution in [0, 0.1) is 35.5 Å². The highest BCUT2D eigenvalue weighted by Crippen LogP contribution is 2.17. The molecule has 456 valence electrons. The van der Waals surface area contributed by atoms with Gasteiger partial charge < -0.3 is 63.6 Å². The third-order valence-corrected chi connectivity index (χ3v) is 13.4. The van der Waals surface area contributed by atoms with E-state index >= 15 is 0 Å². The quantitative estimate of drug-likeness (QED) is 0.0388. The fraction of sp³-hybridized carbons (Fsp3) is 0.825. The van der Waals surface area contributed by atoms with Crippen LogP contribution in [-0.4, -0.2) is 135 Å². The molecule has 0 aromatic rings. The number of nitrogens with two attached hydrogens (primary N) is 1. The number of amides is 9. The van der Waals surface area contributed by atoms with Crippen molar-refractivity contribution in [2.24, 2.45) is 41.2 Å². The molecule has 0 aliphatic rings. The zero-order valence-corrected chi connectivity index (χ0v) is 50.3. The van der Waals surface area contributed by atoms with Crippen molar-refractivity contribution in [3.05, 3.63) is 0 Å². The van der Waals surface area contributed by atoms with E-state index in [-0.39, 0.29) is 81.0 Å². The van der Waals surface area contributed by atoms with Crippen LogP contribution in [0.2, 0.25) is 0 Å². The van der Waals surface area contributed by atoms with Gasteiger partial charge in [0, 0.05) is 6.42 Å².